The van der Waals surface area contributed by atoms with Gasteiger partial charge in [0.05, 0.1) is 23.1 Å². The van der Waals surface area contributed by atoms with Crippen LogP contribution in [0.5, 0.6) is 11.5 Å². The van der Waals surface area contributed by atoms with E-state index in [9.17, 15) is 14.2 Å². The van der Waals surface area contributed by atoms with Crippen LogP contribution in [0, 0.1) is 0 Å². The van der Waals surface area contributed by atoms with Crippen molar-refractivity contribution < 1.29 is 33.2 Å². The van der Waals surface area contributed by atoms with Gasteiger partial charge in [-0.05, 0) is 51.3 Å². The maximum absolute atomic E-state index is 12.7. The lowest BCUT2D eigenvalue weighted by Gasteiger charge is -2.15. The molecule has 0 atom stereocenters. The van der Waals surface area contributed by atoms with Crippen molar-refractivity contribution in [1.82, 2.24) is 19.7 Å². The number of carbonyl (C=O) groups excluding carboxylic acids is 2. The van der Waals surface area contributed by atoms with E-state index in [0.29, 0.717) is 36.1 Å². The lowest BCUT2D eigenvalue weighted by molar-refractivity contribution is 0.0883. The van der Waals surface area contributed by atoms with E-state index in [-0.39, 0.29) is 29.6 Å². The number of hydrogen-bond donors (Lipinski definition) is 2. The Balaban J connectivity index is 1.83. The highest BCUT2D eigenvalue weighted by molar-refractivity contribution is 7.46. The molecule has 0 saturated carbocycles. The summed E-state index contributed by atoms with van der Waals surface area (Å²) in [5.74, 6) is -0.387. The second-order valence-corrected chi connectivity index (χ2v) is 8.76. The van der Waals surface area contributed by atoms with E-state index >= 15 is 0 Å². The summed E-state index contributed by atoms with van der Waals surface area (Å²) in [7, 11) is -0.986. The van der Waals surface area contributed by atoms with Crippen LogP contribution in [-0.4, -0.2) is 62.3 Å². The Morgan fingerprint density at radius 2 is 1.91 bits per heavy atom. The molecule has 34 heavy (non-hydrogen) atoms. The molecule has 0 fully saturated rings. The molecule has 0 unspecified atom stereocenters. The summed E-state index contributed by atoms with van der Waals surface area (Å²) in [4.78, 5) is 48.8. The zero-order valence-corrected chi connectivity index (χ0v) is 19.6. The molecule has 1 aromatic carbocycles. The molecule has 0 aliphatic rings. The van der Waals surface area contributed by atoms with Crippen molar-refractivity contribution in [3.8, 4) is 22.9 Å². The molecular formula is C22H25N4O7P. The second-order valence-electron chi connectivity index (χ2n) is 7.60. The van der Waals surface area contributed by atoms with Crippen LogP contribution in [-0.2, 0) is 11.2 Å². The fraction of sp³-hybridized carbons (Fsp3) is 0.273. The minimum absolute atomic E-state index is 0.0383. The highest BCUT2D eigenvalue weighted by atomic mass is 31.2. The molecule has 2 heterocycles. The first kappa shape index (κ1) is 25.3. The number of hydrogen-bond acceptors (Lipinski definition) is 8. The van der Waals surface area contributed by atoms with Gasteiger partial charge in [0, 0.05) is 18.2 Å². The molecule has 3 rings (SSSR count). The SMILES string of the molecule is CN(C)CCCC(=O)n1nccc1-c1ncccc1COc1cccc(OP(=O)(O)O)c1C=O. The maximum Gasteiger partial charge on any atom is 0.524 e. The van der Waals surface area contributed by atoms with Crippen LogP contribution in [0.1, 0.15) is 33.6 Å². The van der Waals surface area contributed by atoms with Crippen molar-refractivity contribution in [3.05, 3.63) is 59.9 Å². The number of phosphoric ester groups is 1. The predicted octanol–water partition coefficient (Wildman–Crippen LogP) is 2.79. The first-order chi connectivity index (χ1) is 16.2. The fourth-order valence-electron chi connectivity index (χ4n) is 3.25. The molecule has 0 radical (unpaired) electrons. The third-order valence-electron chi connectivity index (χ3n) is 4.75. The summed E-state index contributed by atoms with van der Waals surface area (Å²) in [6.45, 7) is 0.734. The van der Waals surface area contributed by atoms with Crippen molar-refractivity contribution in [3.63, 3.8) is 0 Å². The van der Waals surface area contributed by atoms with Crippen molar-refractivity contribution in [2.75, 3.05) is 20.6 Å². The lowest BCUT2D eigenvalue weighted by Crippen LogP contribution is -2.18. The molecule has 12 heteroatoms. The number of nitrogens with zero attached hydrogens (tertiary/aromatic N) is 4. The molecule has 0 spiro atoms. The number of aldehydes is 1. The number of benzene rings is 1. The van der Waals surface area contributed by atoms with Crippen LogP contribution in [0.15, 0.2) is 48.8 Å². The third kappa shape index (κ3) is 6.58. The topological polar surface area (TPSA) is 144 Å². The second kappa shape index (κ2) is 11.2. The monoisotopic (exact) mass is 488 g/mol. The van der Waals surface area contributed by atoms with Gasteiger partial charge in [0.15, 0.2) is 6.29 Å². The predicted molar refractivity (Wildman–Crippen MR) is 123 cm³/mol. The quantitative estimate of drug-likeness (QED) is 0.305. The van der Waals surface area contributed by atoms with Gasteiger partial charge in [-0.3, -0.25) is 24.4 Å². The summed E-state index contributed by atoms with van der Waals surface area (Å²) < 4.78 is 22.9. The van der Waals surface area contributed by atoms with E-state index in [0.717, 1.165) is 6.54 Å². The van der Waals surface area contributed by atoms with Gasteiger partial charge in [0.2, 0.25) is 5.91 Å². The number of rotatable bonds is 11. The Morgan fingerprint density at radius 1 is 1.15 bits per heavy atom. The van der Waals surface area contributed by atoms with Crippen LogP contribution in [0.4, 0.5) is 0 Å². The van der Waals surface area contributed by atoms with E-state index in [2.05, 4.69) is 14.6 Å². The van der Waals surface area contributed by atoms with E-state index in [1.807, 2.05) is 19.0 Å². The third-order valence-corrected chi connectivity index (χ3v) is 5.19. The lowest BCUT2D eigenvalue weighted by atomic mass is 10.1. The number of aromatic nitrogens is 3. The van der Waals surface area contributed by atoms with Gasteiger partial charge in [-0.25, -0.2) is 4.57 Å². The Hall–Kier alpha value is -3.37. The molecule has 2 N–H and O–H groups in total. The summed E-state index contributed by atoms with van der Waals surface area (Å²) in [5.41, 5.74) is 1.46. The van der Waals surface area contributed by atoms with Crippen LogP contribution < -0.4 is 9.26 Å². The highest BCUT2D eigenvalue weighted by Crippen LogP contribution is 2.41. The van der Waals surface area contributed by atoms with Crippen LogP contribution in [0.2, 0.25) is 0 Å². The van der Waals surface area contributed by atoms with E-state index in [4.69, 9.17) is 14.5 Å². The van der Waals surface area contributed by atoms with Crippen LogP contribution >= 0.6 is 7.82 Å². The van der Waals surface area contributed by atoms with E-state index in [1.54, 1.807) is 24.4 Å². The molecule has 180 valence electrons. The zero-order valence-electron chi connectivity index (χ0n) is 18.7. The molecule has 0 aliphatic heterocycles. The van der Waals surface area contributed by atoms with Crippen molar-refractivity contribution in [2.24, 2.45) is 0 Å². The number of phosphoric acid groups is 1. The molecule has 11 nitrogen and oxygen atoms in total. The Bertz CT molecular complexity index is 1210. The van der Waals surface area contributed by atoms with Crippen molar-refractivity contribution in [2.45, 2.75) is 19.4 Å². The first-order valence-electron chi connectivity index (χ1n) is 10.3. The molecule has 0 saturated heterocycles. The minimum Gasteiger partial charge on any atom is -0.488 e. The molecule has 2 aromatic heterocycles. The van der Waals surface area contributed by atoms with Gasteiger partial charge < -0.3 is 14.2 Å². The van der Waals surface area contributed by atoms with Gasteiger partial charge >= 0.3 is 7.82 Å². The molecule has 3 aromatic rings. The highest BCUT2D eigenvalue weighted by Gasteiger charge is 2.21. The van der Waals surface area contributed by atoms with Gasteiger partial charge in [-0.1, -0.05) is 12.1 Å². The normalized spacial score (nSPS) is 11.4. The number of pyridine rings is 1. The largest absolute Gasteiger partial charge is 0.524 e. The number of carbonyl (C=O) groups is 2. The fourth-order valence-corrected chi connectivity index (χ4v) is 3.66. The standard InChI is InChI=1S/C22H25N4O7P/c1-25(2)13-5-9-21(28)26-18(10-12-24-26)22-16(6-4-11-23-22)15-32-19-7-3-8-20(17(19)14-27)33-34(29,30)31/h3-4,6-8,10-12,14H,5,9,13,15H2,1-2H3,(H2,29,30,31). The summed E-state index contributed by atoms with van der Waals surface area (Å²) in [6, 6.07) is 9.32. The average molecular weight is 488 g/mol. The Kier molecular flexibility index (Phi) is 8.30. The summed E-state index contributed by atoms with van der Waals surface area (Å²) >= 11 is 0. The molecule has 0 amide bonds. The van der Waals surface area contributed by atoms with Gasteiger partial charge in [0.1, 0.15) is 18.1 Å². The van der Waals surface area contributed by atoms with Crippen LogP contribution in [0.25, 0.3) is 11.4 Å². The number of ether oxygens (including phenoxy) is 1. The van der Waals surface area contributed by atoms with Gasteiger partial charge in [0.25, 0.3) is 0 Å². The molecular weight excluding hydrogens is 463 g/mol. The maximum atomic E-state index is 12.7. The smallest absolute Gasteiger partial charge is 0.488 e. The summed E-state index contributed by atoms with van der Waals surface area (Å²) in [6.07, 6.45) is 4.50. The molecule has 0 aliphatic carbocycles. The van der Waals surface area contributed by atoms with Crippen LogP contribution in [0.3, 0.4) is 0 Å². The van der Waals surface area contributed by atoms with Gasteiger partial charge in [-0.15, -0.1) is 0 Å². The van der Waals surface area contributed by atoms with Crippen molar-refractivity contribution in [1.29, 1.82) is 0 Å². The van der Waals surface area contributed by atoms with Gasteiger partial charge in [-0.2, -0.15) is 9.78 Å². The summed E-state index contributed by atoms with van der Waals surface area (Å²) in [5, 5.41) is 4.16. The van der Waals surface area contributed by atoms with E-state index in [1.165, 1.54) is 29.1 Å². The van der Waals surface area contributed by atoms with Crippen molar-refractivity contribution >= 4 is 20.0 Å². The first-order valence-corrected chi connectivity index (χ1v) is 11.8. The zero-order chi connectivity index (χ0) is 24.7. The molecule has 0 bridgehead atoms. The minimum atomic E-state index is -4.86. The Labute approximate surface area is 196 Å². The van der Waals surface area contributed by atoms with E-state index < -0.39 is 7.82 Å². The average Bonchev–Trinajstić information content (AvgIpc) is 3.26. The Morgan fingerprint density at radius 3 is 2.62 bits per heavy atom.